The fourth-order valence-electron chi connectivity index (χ4n) is 3.41. The highest BCUT2D eigenvalue weighted by molar-refractivity contribution is 6.17. The normalized spacial score (nSPS) is 25.6. The van der Waals surface area contributed by atoms with Crippen LogP contribution in [0.5, 0.6) is 0 Å². The van der Waals surface area contributed by atoms with Crippen LogP contribution in [0.3, 0.4) is 0 Å². The zero-order chi connectivity index (χ0) is 12.8. The molecule has 3 heteroatoms. The first-order valence-corrected chi connectivity index (χ1v) is 8.17. The van der Waals surface area contributed by atoms with E-state index in [0.29, 0.717) is 11.8 Å². The predicted molar refractivity (Wildman–Crippen MR) is 75.8 cm³/mol. The summed E-state index contributed by atoms with van der Waals surface area (Å²) in [6, 6.07) is 0. The number of hydrogen-bond acceptors (Lipinski definition) is 1. The van der Waals surface area contributed by atoms with E-state index in [9.17, 15) is 4.79 Å². The molecule has 1 aliphatic carbocycles. The largest absolute Gasteiger partial charge is 0.342 e. The second kappa shape index (κ2) is 7.37. The number of nitrogens with zero attached hydrogens (tertiary/aromatic N) is 1. The predicted octanol–water partition coefficient (Wildman–Crippen LogP) is 3.82. The van der Waals surface area contributed by atoms with Crippen LogP contribution in [0, 0.1) is 11.8 Å². The Morgan fingerprint density at radius 2 is 1.83 bits per heavy atom. The molecular weight excluding hydrogens is 246 g/mol. The minimum absolute atomic E-state index is 0.387. The van der Waals surface area contributed by atoms with Crippen molar-refractivity contribution in [2.75, 3.05) is 19.0 Å². The summed E-state index contributed by atoms with van der Waals surface area (Å²) >= 11 is 5.77. The maximum atomic E-state index is 12.1. The van der Waals surface area contributed by atoms with Crippen molar-refractivity contribution in [3.8, 4) is 0 Å². The standard InChI is InChI=1S/C15H26ClNO/c16-10-8-14-9-11-17(12-14)15(18)7-6-13-4-2-1-3-5-13/h13-14H,1-12H2. The van der Waals surface area contributed by atoms with Crippen molar-refractivity contribution in [3.63, 3.8) is 0 Å². The molecule has 18 heavy (non-hydrogen) atoms. The molecule has 0 aromatic heterocycles. The van der Waals surface area contributed by atoms with Gasteiger partial charge >= 0.3 is 0 Å². The third-order valence-electron chi connectivity index (χ3n) is 4.65. The molecule has 1 aliphatic heterocycles. The van der Waals surface area contributed by atoms with Gasteiger partial charge in [0.2, 0.25) is 5.91 Å². The van der Waals surface area contributed by atoms with Crippen LogP contribution in [0.2, 0.25) is 0 Å². The first-order chi connectivity index (χ1) is 8.79. The molecule has 0 aromatic carbocycles. The molecule has 1 saturated heterocycles. The summed E-state index contributed by atoms with van der Waals surface area (Å²) < 4.78 is 0. The highest BCUT2D eigenvalue weighted by Gasteiger charge is 2.26. The minimum Gasteiger partial charge on any atom is -0.342 e. The van der Waals surface area contributed by atoms with E-state index in [0.717, 1.165) is 50.6 Å². The van der Waals surface area contributed by atoms with Crippen LogP contribution in [0.15, 0.2) is 0 Å². The van der Waals surface area contributed by atoms with Crippen molar-refractivity contribution in [2.24, 2.45) is 11.8 Å². The average Bonchev–Trinajstić information content (AvgIpc) is 2.86. The second-order valence-corrected chi connectivity index (χ2v) is 6.39. The van der Waals surface area contributed by atoms with Crippen LogP contribution in [0.4, 0.5) is 0 Å². The molecule has 0 bridgehead atoms. The van der Waals surface area contributed by atoms with Crippen molar-refractivity contribution >= 4 is 17.5 Å². The number of hydrogen-bond donors (Lipinski definition) is 0. The summed E-state index contributed by atoms with van der Waals surface area (Å²) in [5.41, 5.74) is 0. The third kappa shape index (κ3) is 4.15. The van der Waals surface area contributed by atoms with E-state index in [2.05, 4.69) is 4.90 Å². The maximum absolute atomic E-state index is 12.1. The Bertz CT molecular complexity index is 263. The van der Waals surface area contributed by atoms with Crippen LogP contribution in [-0.2, 0) is 4.79 Å². The van der Waals surface area contributed by atoms with E-state index in [-0.39, 0.29) is 0 Å². The summed E-state index contributed by atoms with van der Waals surface area (Å²) in [5.74, 6) is 2.59. The minimum atomic E-state index is 0.387. The van der Waals surface area contributed by atoms with Crippen LogP contribution < -0.4 is 0 Å². The summed E-state index contributed by atoms with van der Waals surface area (Å²) in [6.45, 7) is 1.92. The first kappa shape index (κ1) is 14.2. The summed E-state index contributed by atoms with van der Waals surface area (Å²) in [4.78, 5) is 14.2. The van der Waals surface area contributed by atoms with Crippen LogP contribution in [0.1, 0.15) is 57.8 Å². The zero-order valence-electron chi connectivity index (χ0n) is 11.4. The van der Waals surface area contributed by atoms with Gasteiger partial charge in [-0.1, -0.05) is 32.1 Å². The average molecular weight is 272 g/mol. The Morgan fingerprint density at radius 1 is 1.06 bits per heavy atom. The fourth-order valence-corrected chi connectivity index (χ4v) is 3.72. The molecule has 104 valence electrons. The van der Waals surface area contributed by atoms with Gasteiger partial charge in [-0.3, -0.25) is 4.79 Å². The Kier molecular flexibility index (Phi) is 5.81. The van der Waals surface area contributed by atoms with Gasteiger partial charge in [0.25, 0.3) is 0 Å². The first-order valence-electron chi connectivity index (χ1n) is 7.63. The lowest BCUT2D eigenvalue weighted by molar-refractivity contribution is -0.130. The molecule has 1 heterocycles. The van der Waals surface area contributed by atoms with Gasteiger partial charge < -0.3 is 4.90 Å². The molecule has 1 atom stereocenters. The van der Waals surface area contributed by atoms with Crippen LogP contribution in [-0.4, -0.2) is 29.8 Å². The van der Waals surface area contributed by atoms with E-state index in [1.807, 2.05) is 0 Å². The highest BCUT2D eigenvalue weighted by Crippen LogP contribution is 2.28. The monoisotopic (exact) mass is 271 g/mol. The molecular formula is C15H26ClNO. The zero-order valence-corrected chi connectivity index (χ0v) is 12.1. The van der Waals surface area contributed by atoms with Crippen molar-refractivity contribution in [1.82, 2.24) is 4.90 Å². The maximum Gasteiger partial charge on any atom is 0.222 e. The van der Waals surface area contributed by atoms with E-state index < -0.39 is 0 Å². The van der Waals surface area contributed by atoms with Gasteiger partial charge in [0.15, 0.2) is 0 Å². The van der Waals surface area contributed by atoms with Gasteiger partial charge in [0, 0.05) is 25.4 Å². The van der Waals surface area contributed by atoms with Crippen molar-refractivity contribution in [3.05, 3.63) is 0 Å². The molecule has 0 N–H and O–H groups in total. The summed E-state index contributed by atoms with van der Waals surface area (Å²) in [7, 11) is 0. The van der Waals surface area contributed by atoms with Crippen LogP contribution in [0.25, 0.3) is 0 Å². The van der Waals surface area contributed by atoms with Gasteiger partial charge in [0.1, 0.15) is 0 Å². The molecule has 1 saturated carbocycles. The number of carbonyl (C=O) groups excluding carboxylic acids is 1. The lowest BCUT2D eigenvalue weighted by atomic mass is 9.86. The molecule has 1 unspecified atom stereocenters. The van der Waals surface area contributed by atoms with Gasteiger partial charge in [0.05, 0.1) is 0 Å². The molecule has 0 radical (unpaired) electrons. The number of carbonyl (C=O) groups is 1. The fraction of sp³-hybridized carbons (Fsp3) is 0.933. The third-order valence-corrected chi connectivity index (χ3v) is 4.87. The van der Waals surface area contributed by atoms with Gasteiger partial charge in [-0.25, -0.2) is 0 Å². The number of amides is 1. The number of likely N-dealkylation sites (tertiary alicyclic amines) is 1. The number of halogens is 1. The van der Waals surface area contributed by atoms with E-state index in [4.69, 9.17) is 11.6 Å². The summed E-state index contributed by atoms with van der Waals surface area (Å²) in [6.07, 6.45) is 11.0. The molecule has 2 nitrogen and oxygen atoms in total. The van der Waals surface area contributed by atoms with Gasteiger partial charge in [-0.2, -0.15) is 0 Å². The van der Waals surface area contributed by atoms with E-state index in [1.165, 1.54) is 32.1 Å². The van der Waals surface area contributed by atoms with Crippen molar-refractivity contribution in [1.29, 1.82) is 0 Å². The van der Waals surface area contributed by atoms with E-state index >= 15 is 0 Å². The topological polar surface area (TPSA) is 20.3 Å². The van der Waals surface area contributed by atoms with E-state index in [1.54, 1.807) is 0 Å². The number of rotatable bonds is 5. The molecule has 2 rings (SSSR count). The van der Waals surface area contributed by atoms with Gasteiger partial charge in [-0.15, -0.1) is 11.6 Å². The Labute approximate surface area is 116 Å². The molecule has 0 aromatic rings. The molecule has 2 fully saturated rings. The Hall–Kier alpha value is -0.240. The molecule has 1 amide bonds. The highest BCUT2D eigenvalue weighted by atomic mass is 35.5. The van der Waals surface area contributed by atoms with Crippen molar-refractivity contribution in [2.45, 2.75) is 57.8 Å². The molecule has 0 spiro atoms. The number of alkyl halides is 1. The van der Waals surface area contributed by atoms with Crippen molar-refractivity contribution < 1.29 is 4.79 Å². The van der Waals surface area contributed by atoms with Gasteiger partial charge in [-0.05, 0) is 31.1 Å². The second-order valence-electron chi connectivity index (χ2n) is 6.01. The Balaban J connectivity index is 1.65. The summed E-state index contributed by atoms with van der Waals surface area (Å²) in [5, 5.41) is 0. The lowest BCUT2D eigenvalue weighted by Gasteiger charge is -2.22. The van der Waals surface area contributed by atoms with Crippen LogP contribution >= 0.6 is 11.6 Å². The quantitative estimate of drug-likeness (QED) is 0.696. The lowest BCUT2D eigenvalue weighted by Crippen LogP contribution is -2.29. The smallest absolute Gasteiger partial charge is 0.222 e. The SMILES string of the molecule is O=C(CCC1CCCCC1)N1CCC(CCCl)C1. The molecule has 2 aliphatic rings. The Morgan fingerprint density at radius 3 is 2.56 bits per heavy atom.